The predicted octanol–water partition coefficient (Wildman–Crippen LogP) is 0.663. The number of anilines is 1. The highest BCUT2D eigenvalue weighted by atomic mass is 32.2. The van der Waals surface area contributed by atoms with Gasteiger partial charge < -0.3 is 10.2 Å². The monoisotopic (exact) mass is 312 g/mol. The molecule has 0 radical (unpaired) electrons. The normalized spacial score (nSPS) is 17.1. The van der Waals surface area contributed by atoms with Crippen molar-refractivity contribution in [3.05, 3.63) is 23.9 Å². The maximum absolute atomic E-state index is 11.5. The van der Waals surface area contributed by atoms with Gasteiger partial charge in [-0.25, -0.2) is 13.4 Å². The molecule has 1 aromatic heterocycles. The van der Waals surface area contributed by atoms with E-state index in [4.69, 9.17) is 0 Å². The molecule has 0 aromatic carbocycles. The molecular formula is C14H24N4O2S. The average molecular weight is 312 g/mol. The Bertz CT molecular complexity index is 554. The van der Waals surface area contributed by atoms with Gasteiger partial charge in [0, 0.05) is 38.9 Å². The largest absolute Gasteiger partial charge is 0.354 e. The molecule has 0 amide bonds. The summed E-state index contributed by atoms with van der Waals surface area (Å²) >= 11 is 0. The molecule has 118 valence electrons. The minimum atomic E-state index is -3.08. The molecule has 6 nitrogen and oxygen atoms in total. The first-order chi connectivity index (χ1) is 10.0. The van der Waals surface area contributed by atoms with Gasteiger partial charge in [0.05, 0.1) is 6.26 Å². The van der Waals surface area contributed by atoms with Crippen molar-refractivity contribution in [3.63, 3.8) is 0 Å². The van der Waals surface area contributed by atoms with E-state index in [0.29, 0.717) is 26.2 Å². The number of piperazine rings is 1. The second kappa shape index (κ2) is 7.20. The summed E-state index contributed by atoms with van der Waals surface area (Å²) in [6, 6.07) is 4.09. The van der Waals surface area contributed by atoms with Crippen LogP contribution < -0.4 is 10.2 Å². The van der Waals surface area contributed by atoms with E-state index in [1.807, 2.05) is 12.3 Å². The summed E-state index contributed by atoms with van der Waals surface area (Å²) in [4.78, 5) is 6.55. The zero-order chi connectivity index (χ0) is 15.3. The maximum atomic E-state index is 11.5. The van der Waals surface area contributed by atoms with E-state index >= 15 is 0 Å². The standard InChI is InChI=1S/C14H24N4O2S/c1-3-5-15-12-13-4-6-16-14(11-13)17-7-9-18(10-8-17)21(2,19)20/h4,6,11,15H,3,5,7-10,12H2,1-2H3. The smallest absolute Gasteiger partial charge is 0.211 e. The number of hydrogen-bond acceptors (Lipinski definition) is 5. The molecule has 0 spiro atoms. The lowest BCUT2D eigenvalue weighted by atomic mass is 10.2. The lowest BCUT2D eigenvalue weighted by molar-refractivity contribution is 0.387. The van der Waals surface area contributed by atoms with Gasteiger partial charge >= 0.3 is 0 Å². The SMILES string of the molecule is CCCNCc1ccnc(N2CCN(S(C)(=O)=O)CC2)c1. The molecule has 1 aromatic rings. The van der Waals surface area contributed by atoms with Gasteiger partial charge in [0.15, 0.2) is 0 Å². The first-order valence-corrected chi connectivity index (χ1v) is 9.21. The molecule has 1 aliphatic heterocycles. The van der Waals surface area contributed by atoms with Crippen molar-refractivity contribution in [2.75, 3.05) is 43.9 Å². The lowest BCUT2D eigenvalue weighted by Crippen LogP contribution is -2.48. The van der Waals surface area contributed by atoms with Crippen molar-refractivity contribution in [1.29, 1.82) is 0 Å². The number of pyridine rings is 1. The van der Waals surface area contributed by atoms with Gasteiger partial charge in [0.25, 0.3) is 0 Å². The molecule has 0 bridgehead atoms. The molecule has 0 atom stereocenters. The molecule has 2 heterocycles. The van der Waals surface area contributed by atoms with Crippen molar-refractivity contribution in [2.24, 2.45) is 0 Å². The van der Waals surface area contributed by atoms with E-state index < -0.39 is 10.0 Å². The van der Waals surface area contributed by atoms with Gasteiger partial charge in [-0.15, -0.1) is 0 Å². The van der Waals surface area contributed by atoms with Gasteiger partial charge in [-0.3, -0.25) is 0 Å². The van der Waals surface area contributed by atoms with Crippen molar-refractivity contribution in [1.82, 2.24) is 14.6 Å². The molecule has 7 heteroatoms. The Labute approximate surface area is 127 Å². The summed E-state index contributed by atoms with van der Waals surface area (Å²) in [5.41, 5.74) is 1.21. The zero-order valence-corrected chi connectivity index (χ0v) is 13.6. The zero-order valence-electron chi connectivity index (χ0n) is 12.7. The fraction of sp³-hybridized carbons (Fsp3) is 0.643. The van der Waals surface area contributed by atoms with E-state index in [-0.39, 0.29) is 0 Å². The third-order valence-electron chi connectivity index (χ3n) is 3.60. The molecule has 1 aliphatic rings. The number of sulfonamides is 1. The van der Waals surface area contributed by atoms with Gasteiger partial charge in [-0.2, -0.15) is 4.31 Å². The van der Waals surface area contributed by atoms with Crippen LogP contribution in [-0.4, -0.2) is 56.7 Å². The topological polar surface area (TPSA) is 65.5 Å². The van der Waals surface area contributed by atoms with Crippen LogP contribution in [0.15, 0.2) is 18.3 Å². The maximum Gasteiger partial charge on any atom is 0.211 e. The highest BCUT2D eigenvalue weighted by Gasteiger charge is 2.23. The third kappa shape index (κ3) is 4.66. The summed E-state index contributed by atoms with van der Waals surface area (Å²) < 4.78 is 24.6. The number of nitrogens with one attached hydrogen (secondary N) is 1. The third-order valence-corrected chi connectivity index (χ3v) is 4.90. The number of hydrogen-bond donors (Lipinski definition) is 1. The number of nitrogens with zero attached hydrogens (tertiary/aromatic N) is 3. The Morgan fingerprint density at radius 1 is 1.29 bits per heavy atom. The van der Waals surface area contributed by atoms with Gasteiger partial charge in [0.2, 0.25) is 10.0 Å². The van der Waals surface area contributed by atoms with E-state index in [1.54, 1.807) is 0 Å². The molecule has 1 fully saturated rings. The molecule has 1 saturated heterocycles. The molecule has 0 aliphatic carbocycles. The van der Waals surface area contributed by atoms with Crippen LogP contribution in [0, 0.1) is 0 Å². The van der Waals surface area contributed by atoms with E-state index in [2.05, 4.69) is 28.2 Å². The van der Waals surface area contributed by atoms with E-state index in [0.717, 1.165) is 25.3 Å². The van der Waals surface area contributed by atoms with Crippen LogP contribution in [-0.2, 0) is 16.6 Å². The van der Waals surface area contributed by atoms with Crippen molar-refractivity contribution >= 4 is 15.8 Å². The van der Waals surface area contributed by atoms with E-state index in [9.17, 15) is 8.42 Å². The van der Waals surface area contributed by atoms with Crippen LogP contribution in [0.25, 0.3) is 0 Å². The second-order valence-electron chi connectivity index (χ2n) is 5.35. The first kappa shape index (κ1) is 16.2. The van der Waals surface area contributed by atoms with Crippen molar-refractivity contribution < 1.29 is 8.42 Å². The summed E-state index contributed by atoms with van der Waals surface area (Å²) in [7, 11) is -3.08. The second-order valence-corrected chi connectivity index (χ2v) is 7.33. The summed E-state index contributed by atoms with van der Waals surface area (Å²) in [5.74, 6) is 0.930. The first-order valence-electron chi connectivity index (χ1n) is 7.36. The predicted molar refractivity (Wildman–Crippen MR) is 84.9 cm³/mol. The summed E-state index contributed by atoms with van der Waals surface area (Å²) in [5, 5.41) is 3.37. The Balaban J connectivity index is 1.95. The molecule has 21 heavy (non-hydrogen) atoms. The van der Waals surface area contributed by atoms with Crippen LogP contribution >= 0.6 is 0 Å². The Kier molecular flexibility index (Phi) is 5.55. The highest BCUT2D eigenvalue weighted by Crippen LogP contribution is 2.16. The minimum Gasteiger partial charge on any atom is -0.354 e. The van der Waals surface area contributed by atoms with Crippen molar-refractivity contribution in [3.8, 4) is 0 Å². The van der Waals surface area contributed by atoms with Crippen LogP contribution in [0.1, 0.15) is 18.9 Å². The van der Waals surface area contributed by atoms with E-state index in [1.165, 1.54) is 16.1 Å². The van der Waals surface area contributed by atoms with Crippen LogP contribution in [0.2, 0.25) is 0 Å². The van der Waals surface area contributed by atoms with Gasteiger partial charge in [-0.05, 0) is 30.7 Å². The number of rotatable bonds is 6. The number of aromatic nitrogens is 1. The molecule has 2 rings (SSSR count). The Morgan fingerprint density at radius 3 is 2.62 bits per heavy atom. The quantitative estimate of drug-likeness (QED) is 0.782. The fourth-order valence-electron chi connectivity index (χ4n) is 2.40. The molecular weight excluding hydrogens is 288 g/mol. The van der Waals surface area contributed by atoms with Crippen molar-refractivity contribution in [2.45, 2.75) is 19.9 Å². The lowest BCUT2D eigenvalue weighted by Gasteiger charge is -2.34. The fourth-order valence-corrected chi connectivity index (χ4v) is 3.23. The van der Waals surface area contributed by atoms with Gasteiger partial charge in [0.1, 0.15) is 5.82 Å². The van der Waals surface area contributed by atoms with Crippen LogP contribution in [0.3, 0.4) is 0 Å². The molecule has 0 unspecified atom stereocenters. The molecule has 0 saturated carbocycles. The van der Waals surface area contributed by atoms with Crippen LogP contribution in [0.5, 0.6) is 0 Å². The minimum absolute atomic E-state index is 0.527. The summed E-state index contributed by atoms with van der Waals surface area (Å²) in [6.45, 7) is 6.42. The Morgan fingerprint density at radius 2 is 2.00 bits per heavy atom. The summed E-state index contributed by atoms with van der Waals surface area (Å²) in [6.07, 6.45) is 4.20. The van der Waals surface area contributed by atoms with Gasteiger partial charge in [-0.1, -0.05) is 6.92 Å². The molecule has 1 N–H and O–H groups in total. The van der Waals surface area contributed by atoms with Crippen LogP contribution in [0.4, 0.5) is 5.82 Å². The highest BCUT2D eigenvalue weighted by molar-refractivity contribution is 7.88. The Hall–Kier alpha value is -1.18. The average Bonchev–Trinajstić information content (AvgIpc) is 2.47.